The van der Waals surface area contributed by atoms with E-state index in [-0.39, 0.29) is 23.5 Å². The summed E-state index contributed by atoms with van der Waals surface area (Å²) in [7, 11) is -3.07. The molecule has 1 heterocycles. The lowest BCUT2D eigenvalue weighted by molar-refractivity contribution is -0.136. The van der Waals surface area contributed by atoms with Crippen LogP contribution in [0.15, 0.2) is 28.7 Å². The van der Waals surface area contributed by atoms with Crippen LogP contribution in [0, 0.1) is 0 Å². The minimum atomic E-state index is -3.07. The van der Waals surface area contributed by atoms with Crippen LogP contribution in [0.4, 0.5) is 0 Å². The van der Waals surface area contributed by atoms with Gasteiger partial charge in [0.25, 0.3) is 5.91 Å². The van der Waals surface area contributed by atoms with Crippen molar-refractivity contribution in [1.82, 2.24) is 4.90 Å². The fraction of sp³-hybridized carbons (Fsp3) is 0.467. The molecule has 1 aromatic rings. The van der Waals surface area contributed by atoms with Gasteiger partial charge in [0.2, 0.25) is 0 Å². The molecule has 1 aromatic carbocycles. The number of sulfone groups is 1. The molecule has 1 amide bonds. The number of halogens is 1. The van der Waals surface area contributed by atoms with Gasteiger partial charge in [-0.2, -0.15) is 0 Å². The van der Waals surface area contributed by atoms with Crippen LogP contribution in [-0.4, -0.2) is 55.9 Å². The van der Waals surface area contributed by atoms with Crippen molar-refractivity contribution in [1.29, 1.82) is 0 Å². The predicted molar refractivity (Wildman–Crippen MR) is 88.9 cm³/mol. The van der Waals surface area contributed by atoms with E-state index in [1.807, 2.05) is 0 Å². The normalized spacial score (nSPS) is 19.3. The Labute approximate surface area is 143 Å². The molecule has 0 unspecified atom stereocenters. The van der Waals surface area contributed by atoms with Crippen LogP contribution >= 0.6 is 15.9 Å². The molecule has 1 aliphatic rings. The van der Waals surface area contributed by atoms with E-state index in [9.17, 15) is 18.0 Å². The fourth-order valence-corrected chi connectivity index (χ4v) is 4.70. The first kappa shape index (κ1) is 17.9. The molecule has 1 fully saturated rings. The lowest BCUT2D eigenvalue weighted by atomic mass is 10.2. The number of benzene rings is 1. The van der Waals surface area contributed by atoms with Gasteiger partial charge < -0.3 is 9.64 Å². The molecule has 0 saturated carbocycles. The second-order valence-electron chi connectivity index (χ2n) is 5.32. The Morgan fingerprint density at radius 1 is 1.39 bits per heavy atom. The van der Waals surface area contributed by atoms with Gasteiger partial charge in [0.05, 0.1) is 17.1 Å². The van der Waals surface area contributed by atoms with Crippen molar-refractivity contribution in [2.24, 2.45) is 0 Å². The molecule has 1 aliphatic heterocycles. The first-order valence-corrected chi connectivity index (χ1v) is 9.86. The second-order valence-corrected chi connectivity index (χ2v) is 8.47. The number of likely N-dealkylation sites (N-methyl/N-ethyl adjacent to an activating group) is 1. The van der Waals surface area contributed by atoms with Gasteiger partial charge in [0.1, 0.15) is 0 Å². The smallest absolute Gasteiger partial charge is 0.338 e. The first-order valence-electron chi connectivity index (χ1n) is 7.25. The molecule has 0 aromatic heterocycles. The van der Waals surface area contributed by atoms with Gasteiger partial charge in [-0.05, 0) is 31.5 Å². The molecule has 0 aliphatic carbocycles. The van der Waals surface area contributed by atoms with Crippen molar-refractivity contribution in [2.45, 2.75) is 19.4 Å². The molecule has 0 bridgehead atoms. The van der Waals surface area contributed by atoms with Crippen LogP contribution in [0.5, 0.6) is 0 Å². The van der Waals surface area contributed by atoms with Crippen LogP contribution in [-0.2, 0) is 19.4 Å². The lowest BCUT2D eigenvalue weighted by Gasteiger charge is -2.26. The third-order valence-electron chi connectivity index (χ3n) is 3.70. The summed E-state index contributed by atoms with van der Waals surface area (Å²) >= 11 is 3.26. The van der Waals surface area contributed by atoms with Gasteiger partial charge in [-0.15, -0.1) is 0 Å². The summed E-state index contributed by atoms with van der Waals surface area (Å²) < 4.78 is 28.9. The highest BCUT2D eigenvalue weighted by molar-refractivity contribution is 9.10. The van der Waals surface area contributed by atoms with E-state index < -0.39 is 22.4 Å². The molecule has 126 valence electrons. The predicted octanol–water partition coefficient (Wildman–Crippen LogP) is 1.64. The maximum Gasteiger partial charge on any atom is 0.338 e. The standard InChI is InChI=1S/C15H18BrNO5S/c1-2-17(13-6-7-23(20,21)10-13)14(18)9-22-15(19)11-4-3-5-12(16)8-11/h3-5,8,13H,2,6-7,9-10H2,1H3/t13-/m1/s1. The zero-order chi connectivity index (χ0) is 17.0. The highest BCUT2D eigenvalue weighted by Crippen LogP contribution is 2.18. The Hall–Kier alpha value is -1.41. The Bertz CT molecular complexity index is 704. The van der Waals surface area contributed by atoms with Crippen LogP contribution in [0.3, 0.4) is 0 Å². The Morgan fingerprint density at radius 2 is 2.13 bits per heavy atom. The first-order chi connectivity index (χ1) is 10.8. The highest BCUT2D eigenvalue weighted by atomic mass is 79.9. The number of ether oxygens (including phenoxy) is 1. The van der Waals surface area contributed by atoms with Crippen molar-refractivity contribution in [2.75, 3.05) is 24.7 Å². The summed E-state index contributed by atoms with van der Waals surface area (Å²) in [6.45, 7) is 1.77. The number of nitrogens with zero attached hydrogens (tertiary/aromatic N) is 1. The summed E-state index contributed by atoms with van der Waals surface area (Å²) in [4.78, 5) is 25.6. The maximum absolute atomic E-state index is 12.2. The molecular weight excluding hydrogens is 386 g/mol. The number of hydrogen-bond acceptors (Lipinski definition) is 5. The number of carbonyl (C=O) groups is 2. The quantitative estimate of drug-likeness (QED) is 0.698. The number of amides is 1. The van der Waals surface area contributed by atoms with Crippen molar-refractivity contribution >= 4 is 37.6 Å². The molecule has 2 rings (SSSR count). The van der Waals surface area contributed by atoms with E-state index in [0.717, 1.165) is 4.47 Å². The zero-order valence-electron chi connectivity index (χ0n) is 12.7. The monoisotopic (exact) mass is 403 g/mol. The lowest BCUT2D eigenvalue weighted by Crippen LogP contribution is -2.43. The summed E-state index contributed by atoms with van der Waals surface area (Å²) in [5.74, 6) is -0.890. The Balaban J connectivity index is 1.94. The van der Waals surface area contributed by atoms with Crippen LogP contribution in [0.1, 0.15) is 23.7 Å². The molecule has 1 atom stereocenters. The van der Waals surface area contributed by atoms with E-state index >= 15 is 0 Å². The third kappa shape index (κ3) is 4.78. The van der Waals surface area contributed by atoms with Crippen LogP contribution < -0.4 is 0 Å². The van der Waals surface area contributed by atoms with Gasteiger partial charge in [-0.3, -0.25) is 4.79 Å². The molecule has 0 N–H and O–H groups in total. The van der Waals surface area contributed by atoms with Gasteiger partial charge in [0.15, 0.2) is 16.4 Å². The van der Waals surface area contributed by atoms with E-state index in [1.165, 1.54) is 4.90 Å². The topological polar surface area (TPSA) is 80.8 Å². The maximum atomic E-state index is 12.2. The number of carbonyl (C=O) groups excluding carboxylic acids is 2. The van der Waals surface area contributed by atoms with Gasteiger partial charge in [-0.1, -0.05) is 22.0 Å². The SMILES string of the molecule is CCN(C(=O)COC(=O)c1cccc(Br)c1)[C@@H]1CCS(=O)(=O)C1. The van der Waals surface area contributed by atoms with Crippen molar-refractivity contribution in [3.8, 4) is 0 Å². The average Bonchev–Trinajstić information content (AvgIpc) is 2.85. The van der Waals surface area contributed by atoms with E-state index in [1.54, 1.807) is 31.2 Å². The average molecular weight is 404 g/mol. The van der Waals surface area contributed by atoms with E-state index in [2.05, 4.69) is 15.9 Å². The third-order valence-corrected chi connectivity index (χ3v) is 5.94. The number of hydrogen-bond donors (Lipinski definition) is 0. The molecule has 0 spiro atoms. The summed E-state index contributed by atoms with van der Waals surface area (Å²) in [6.07, 6.45) is 0.432. The Kier molecular flexibility index (Phi) is 5.80. The molecule has 0 radical (unpaired) electrons. The Morgan fingerprint density at radius 3 is 2.70 bits per heavy atom. The largest absolute Gasteiger partial charge is 0.452 e. The van der Waals surface area contributed by atoms with Crippen molar-refractivity contribution in [3.63, 3.8) is 0 Å². The molecule has 23 heavy (non-hydrogen) atoms. The summed E-state index contributed by atoms with van der Waals surface area (Å²) in [5.41, 5.74) is 0.346. The van der Waals surface area contributed by atoms with Gasteiger partial charge >= 0.3 is 5.97 Å². The zero-order valence-corrected chi connectivity index (χ0v) is 15.1. The summed E-state index contributed by atoms with van der Waals surface area (Å²) in [5, 5.41) is 0. The summed E-state index contributed by atoms with van der Waals surface area (Å²) in [6, 6.07) is 6.35. The highest BCUT2D eigenvalue weighted by Gasteiger charge is 2.34. The van der Waals surface area contributed by atoms with Crippen molar-refractivity contribution < 1.29 is 22.7 Å². The van der Waals surface area contributed by atoms with Gasteiger partial charge in [0, 0.05) is 17.1 Å². The van der Waals surface area contributed by atoms with E-state index in [4.69, 9.17) is 4.74 Å². The molecular formula is C15H18BrNO5S. The molecule has 6 nitrogen and oxygen atoms in total. The second kappa shape index (κ2) is 7.44. The van der Waals surface area contributed by atoms with Crippen LogP contribution in [0.25, 0.3) is 0 Å². The minimum absolute atomic E-state index is 0.0217. The van der Waals surface area contributed by atoms with Crippen LogP contribution in [0.2, 0.25) is 0 Å². The van der Waals surface area contributed by atoms with Gasteiger partial charge in [-0.25, -0.2) is 13.2 Å². The number of esters is 1. The van der Waals surface area contributed by atoms with E-state index in [0.29, 0.717) is 18.5 Å². The minimum Gasteiger partial charge on any atom is -0.452 e. The molecule has 1 saturated heterocycles. The number of rotatable bonds is 5. The molecule has 8 heteroatoms. The fourth-order valence-electron chi connectivity index (χ4n) is 2.57. The van der Waals surface area contributed by atoms with Crippen molar-refractivity contribution in [3.05, 3.63) is 34.3 Å².